The zero-order valence-electron chi connectivity index (χ0n) is 32.2. The van der Waals surface area contributed by atoms with Gasteiger partial charge in [-0.25, -0.2) is 0 Å². The topological polar surface area (TPSA) is 82.5 Å². The molecule has 0 radical (unpaired) electrons. The van der Waals surface area contributed by atoms with Crippen LogP contribution in [0, 0.1) is 0 Å². The van der Waals surface area contributed by atoms with E-state index in [1.165, 1.54) is 133 Å². The van der Waals surface area contributed by atoms with Gasteiger partial charge in [0.2, 0.25) is 0 Å². The molecular weight excluding hydrogens is 605 g/mol. The van der Waals surface area contributed by atoms with E-state index < -0.39 is 7.32 Å². The number of para-hydroxylation sites is 3. The molecular formula is C42H72BN3O3. The van der Waals surface area contributed by atoms with Gasteiger partial charge in [0.15, 0.2) is 0 Å². The van der Waals surface area contributed by atoms with Gasteiger partial charge in [0.05, 0.1) is 39.3 Å². The molecule has 276 valence electrons. The summed E-state index contributed by atoms with van der Waals surface area (Å²) < 4.78 is 0. The van der Waals surface area contributed by atoms with Crippen molar-refractivity contribution in [2.45, 2.75) is 119 Å². The average molecular weight is 678 g/mol. The number of quaternary nitrogens is 3. The van der Waals surface area contributed by atoms with Crippen LogP contribution in [-0.4, -0.2) is 46.6 Å². The molecule has 0 heterocycles. The number of hydrogen-bond donors (Lipinski definition) is 3. The molecule has 3 N–H and O–H groups in total. The lowest BCUT2D eigenvalue weighted by Gasteiger charge is -2.35. The van der Waals surface area contributed by atoms with Crippen molar-refractivity contribution in [1.29, 1.82) is 0 Å². The van der Waals surface area contributed by atoms with Crippen molar-refractivity contribution in [1.82, 2.24) is 0 Å². The van der Waals surface area contributed by atoms with Gasteiger partial charge in [-0.05, 0) is 74.9 Å². The van der Waals surface area contributed by atoms with Crippen LogP contribution in [0.5, 0.6) is 0 Å². The molecule has 0 saturated heterocycles. The third-order valence-electron chi connectivity index (χ3n) is 8.54. The van der Waals surface area contributed by atoms with Gasteiger partial charge in [0.25, 0.3) is 0 Å². The summed E-state index contributed by atoms with van der Waals surface area (Å²) in [6, 6.07) is 32.7. The Bertz CT molecular complexity index is 902. The predicted octanol–water partition coefficient (Wildman–Crippen LogP) is 4.46. The zero-order valence-corrected chi connectivity index (χ0v) is 32.2. The van der Waals surface area contributed by atoms with Gasteiger partial charge in [0, 0.05) is 0 Å². The Kier molecular flexibility index (Phi) is 32.2. The molecule has 3 aromatic rings. The van der Waals surface area contributed by atoms with Crippen molar-refractivity contribution in [2.24, 2.45) is 0 Å². The number of benzene rings is 3. The smallest absolute Gasteiger partial charge is 0.131 e. The normalized spacial score (nSPS) is 10.5. The molecule has 3 rings (SSSR count). The summed E-state index contributed by atoms with van der Waals surface area (Å²) in [5.74, 6) is 0. The molecule has 7 heteroatoms. The van der Waals surface area contributed by atoms with Gasteiger partial charge in [-0.1, -0.05) is 135 Å². The molecule has 0 bridgehead atoms. The first kappa shape index (κ1) is 46.5. The van der Waals surface area contributed by atoms with Crippen molar-refractivity contribution >= 4 is 24.4 Å². The first-order valence-electron chi connectivity index (χ1n) is 19.6. The number of nitrogens with one attached hydrogen (secondary N) is 3. The van der Waals surface area contributed by atoms with E-state index in [1.54, 1.807) is 14.7 Å². The minimum Gasteiger partial charge on any atom is -0.907 e. The molecule has 0 aliphatic carbocycles. The fourth-order valence-electron chi connectivity index (χ4n) is 5.60. The number of unbranched alkanes of at least 4 members (excludes halogenated alkanes) is 6. The predicted molar refractivity (Wildman–Crippen MR) is 206 cm³/mol. The van der Waals surface area contributed by atoms with E-state index in [0.717, 1.165) is 0 Å². The van der Waals surface area contributed by atoms with E-state index in [1.807, 2.05) is 0 Å². The van der Waals surface area contributed by atoms with Crippen LogP contribution in [0.1, 0.15) is 119 Å². The van der Waals surface area contributed by atoms with Crippen LogP contribution in [0.25, 0.3) is 0 Å². The molecule has 49 heavy (non-hydrogen) atoms. The largest absolute Gasteiger partial charge is 0.907 e. The summed E-state index contributed by atoms with van der Waals surface area (Å²) in [6.07, 6.45) is 15.7. The molecule has 3 aromatic carbocycles. The second-order valence-electron chi connectivity index (χ2n) is 12.8. The Morgan fingerprint density at radius 3 is 0.653 bits per heavy atom. The van der Waals surface area contributed by atoms with Crippen LogP contribution in [-0.2, 0) is 0 Å². The summed E-state index contributed by atoms with van der Waals surface area (Å²) in [6.45, 7) is 21.3. The Hall–Kier alpha value is -2.52. The molecule has 0 fully saturated rings. The molecule has 0 atom stereocenters. The van der Waals surface area contributed by atoms with E-state index in [-0.39, 0.29) is 0 Å². The van der Waals surface area contributed by atoms with Crippen molar-refractivity contribution < 1.29 is 29.8 Å². The van der Waals surface area contributed by atoms with Gasteiger partial charge >= 0.3 is 0 Å². The lowest BCUT2D eigenvalue weighted by Crippen LogP contribution is -3.07. The fourth-order valence-corrected chi connectivity index (χ4v) is 5.60. The van der Waals surface area contributed by atoms with Gasteiger partial charge < -0.3 is 29.8 Å². The van der Waals surface area contributed by atoms with Crippen LogP contribution >= 0.6 is 0 Å². The highest BCUT2D eigenvalue weighted by atomic mass is 16.5. The van der Waals surface area contributed by atoms with Gasteiger partial charge in [-0.15, -0.1) is 0 Å². The highest BCUT2D eigenvalue weighted by molar-refractivity contribution is 6.24. The molecule has 0 spiro atoms. The Balaban J connectivity index is 0.000000667. The first-order valence-corrected chi connectivity index (χ1v) is 19.6. The third kappa shape index (κ3) is 26.0. The van der Waals surface area contributed by atoms with Crippen LogP contribution < -0.4 is 29.8 Å². The maximum atomic E-state index is 8.42. The van der Waals surface area contributed by atoms with E-state index >= 15 is 0 Å². The lowest BCUT2D eigenvalue weighted by atomic mass is 10.2. The zero-order chi connectivity index (χ0) is 36.4. The quantitative estimate of drug-likeness (QED) is 0.146. The third-order valence-corrected chi connectivity index (χ3v) is 8.54. The van der Waals surface area contributed by atoms with Crippen LogP contribution in [0.15, 0.2) is 91.0 Å². The van der Waals surface area contributed by atoms with E-state index in [4.69, 9.17) is 15.1 Å². The number of hydrogen-bond acceptors (Lipinski definition) is 3. The molecule has 0 aromatic heterocycles. The van der Waals surface area contributed by atoms with Gasteiger partial charge in [-0.2, -0.15) is 0 Å². The maximum Gasteiger partial charge on any atom is 0.131 e. The minimum absolute atomic E-state index is 1.28. The monoisotopic (exact) mass is 678 g/mol. The van der Waals surface area contributed by atoms with Gasteiger partial charge in [0.1, 0.15) is 17.1 Å². The van der Waals surface area contributed by atoms with Crippen molar-refractivity contribution in [3.8, 4) is 0 Å². The molecule has 0 saturated carbocycles. The van der Waals surface area contributed by atoms with Crippen LogP contribution in [0.2, 0.25) is 0 Å². The Morgan fingerprint density at radius 2 is 0.510 bits per heavy atom. The summed E-state index contributed by atoms with van der Waals surface area (Å²) in [5.41, 5.74) is 4.37. The van der Waals surface area contributed by atoms with Crippen LogP contribution in [0.3, 0.4) is 0 Å². The van der Waals surface area contributed by atoms with Crippen molar-refractivity contribution in [3.63, 3.8) is 0 Å². The standard InChI is InChI=1S/3C14H23N.BO3/c3*1-3-5-12-15(13-6-4-2)14-10-8-7-9-11-14;2-1(3)4/h3*7-11H,3-6,12-13H2,1-2H3;/q;;;-3/p+3. The van der Waals surface area contributed by atoms with E-state index in [9.17, 15) is 0 Å². The highest BCUT2D eigenvalue weighted by Crippen LogP contribution is 2.02. The van der Waals surface area contributed by atoms with Crippen molar-refractivity contribution in [2.75, 3.05) is 39.3 Å². The summed E-state index contributed by atoms with van der Waals surface area (Å²) >= 11 is 0. The molecule has 6 nitrogen and oxygen atoms in total. The SMILES string of the molecule is CCCC[NH+](CCCC)c1ccccc1.CCCC[NH+](CCCC)c1ccccc1.CCCC[NH+](CCCC)c1ccccc1.[O-]B([O-])[O-]. The Morgan fingerprint density at radius 1 is 0.347 bits per heavy atom. The number of rotatable bonds is 21. The minimum atomic E-state index is -2.92. The fraction of sp³-hybridized carbons (Fsp3) is 0.571. The van der Waals surface area contributed by atoms with Gasteiger partial charge in [-0.3, -0.25) is 7.32 Å². The molecule has 0 aliphatic heterocycles. The maximum absolute atomic E-state index is 8.42. The Labute approximate surface area is 302 Å². The average Bonchev–Trinajstić information content (AvgIpc) is 3.13. The van der Waals surface area contributed by atoms with E-state index in [0.29, 0.717) is 0 Å². The molecule has 0 unspecified atom stereocenters. The summed E-state index contributed by atoms with van der Waals surface area (Å²) in [4.78, 5) is 4.96. The van der Waals surface area contributed by atoms with E-state index in [2.05, 4.69) is 133 Å². The second kappa shape index (κ2) is 34.0. The van der Waals surface area contributed by atoms with Crippen molar-refractivity contribution in [3.05, 3.63) is 91.0 Å². The molecule has 0 aliphatic rings. The van der Waals surface area contributed by atoms with Crippen LogP contribution in [0.4, 0.5) is 17.1 Å². The highest BCUT2D eigenvalue weighted by Gasteiger charge is 2.11. The molecule has 0 amide bonds. The lowest BCUT2D eigenvalue weighted by molar-refractivity contribution is -0.833. The summed E-state index contributed by atoms with van der Waals surface area (Å²) in [5, 5.41) is 25.2. The first-order chi connectivity index (χ1) is 23.9. The summed E-state index contributed by atoms with van der Waals surface area (Å²) in [7, 11) is -2.92. The second-order valence-corrected chi connectivity index (χ2v) is 12.8.